The summed E-state index contributed by atoms with van der Waals surface area (Å²) in [6.45, 7) is 0. The largest absolute Gasteiger partial charge is 0.333 e. The van der Waals surface area contributed by atoms with Crippen molar-refractivity contribution in [2.75, 3.05) is 7.05 Å². The van der Waals surface area contributed by atoms with Crippen LogP contribution in [0.15, 0.2) is 47.1 Å². The van der Waals surface area contributed by atoms with Crippen molar-refractivity contribution in [3.63, 3.8) is 0 Å². The van der Waals surface area contributed by atoms with Crippen molar-refractivity contribution in [1.29, 1.82) is 0 Å². The van der Waals surface area contributed by atoms with Gasteiger partial charge in [-0.3, -0.25) is 4.79 Å². The Morgan fingerprint density at radius 1 is 1.30 bits per heavy atom. The molecule has 0 saturated carbocycles. The highest BCUT2D eigenvalue weighted by molar-refractivity contribution is 9.10. The summed E-state index contributed by atoms with van der Waals surface area (Å²) in [5.41, 5.74) is 3.08. The molecular weight excluding hydrogens is 316 g/mol. The number of pyridine rings is 1. The van der Waals surface area contributed by atoms with Gasteiger partial charge in [-0.15, -0.1) is 0 Å². The maximum atomic E-state index is 12.6. The Morgan fingerprint density at radius 3 is 2.90 bits per heavy atom. The fraction of sp³-hybridized carbons (Fsp3) is 0.250. The van der Waals surface area contributed by atoms with Crippen LogP contribution in [0.1, 0.15) is 34.1 Å². The third-order valence-corrected chi connectivity index (χ3v) is 4.49. The lowest BCUT2D eigenvalue weighted by molar-refractivity contribution is 0.0723. The van der Waals surface area contributed by atoms with Gasteiger partial charge in [0.1, 0.15) is 5.69 Å². The zero-order chi connectivity index (χ0) is 14.1. The van der Waals surface area contributed by atoms with E-state index >= 15 is 0 Å². The Morgan fingerprint density at radius 2 is 2.10 bits per heavy atom. The SMILES string of the molecule is CN(C(=O)c1ncccc1Br)C1CCc2ccccc21. The van der Waals surface area contributed by atoms with E-state index in [4.69, 9.17) is 0 Å². The van der Waals surface area contributed by atoms with E-state index < -0.39 is 0 Å². The molecule has 0 saturated heterocycles. The molecule has 1 heterocycles. The molecule has 1 unspecified atom stereocenters. The summed E-state index contributed by atoms with van der Waals surface area (Å²) < 4.78 is 0.739. The molecule has 20 heavy (non-hydrogen) atoms. The van der Waals surface area contributed by atoms with Crippen LogP contribution in [0.25, 0.3) is 0 Å². The molecular formula is C16H15BrN2O. The van der Waals surface area contributed by atoms with E-state index in [9.17, 15) is 4.79 Å². The average Bonchev–Trinajstić information content (AvgIpc) is 2.90. The quantitative estimate of drug-likeness (QED) is 0.842. The molecule has 102 valence electrons. The monoisotopic (exact) mass is 330 g/mol. The molecule has 0 aliphatic heterocycles. The fourth-order valence-electron chi connectivity index (χ4n) is 2.79. The number of carbonyl (C=O) groups is 1. The molecule has 3 rings (SSSR count). The number of aromatic nitrogens is 1. The van der Waals surface area contributed by atoms with Crippen molar-refractivity contribution in [2.45, 2.75) is 18.9 Å². The van der Waals surface area contributed by atoms with Gasteiger partial charge in [-0.05, 0) is 52.0 Å². The Kier molecular flexibility index (Phi) is 3.57. The van der Waals surface area contributed by atoms with Gasteiger partial charge in [0, 0.05) is 17.7 Å². The van der Waals surface area contributed by atoms with Gasteiger partial charge in [0.15, 0.2) is 0 Å². The van der Waals surface area contributed by atoms with Crippen LogP contribution in [0.2, 0.25) is 0 Å². The van der Waals surface area contributed by atoms with E-state index in [-0.39, 0.29) is 11.9 Å². The topological polar surface area (TPSA) is 33.2 Å². The van der Waals surface area contributed by atoms with Crippen molar-refractivity contribution in [1.82, 2.24) is 9.88 Å². The second-order valence-corrected chi connectivity index (χ2v) is 5.86. The Labute approximate surface area is 126 Å². The minimum Gasteiger partial charge on any atom is -0.333 e. The summed E-state index contributed by atoms with van der Waals surface area (Å²) in [5.74, 6) is -0.0424. The highest BCUT2D eigenvalue weighted by Crippen LogP contribution is 2.35. The average molecular weight is 331 g/mol. The van der Waals surface area contributed by atoms with Gasteiger partial charge in [-0.25, -0.2) is 4.98 Å². The van der Waals surface area contributed by atoms with Crippen molar-refractivity contribution in [3.8, 4) is 0 Å². The second kappa shape index (κ2) is 5.37. The van der Waals surface area contributed by atoms with Crippen LogP contribution >= 0.6 is 15.9 Å². The van der Waals surface area contributed by atoms with Crippen LogP contribution in [0.3, 0.4) is 0 Å². The zero-order valence-corrected chi connectivity index (χ0v) is 12.8. The van der Waals surface area contributed by atoms with Gasteiger partial charge >= 0.3 is 0 Å². The number of nitrogens with zero attached hydrogens (tertiary/aromatic N) is 2. The number of halogens is 1. The maximum absolute atomic E-state index is 12.6. The van der Waals surface area contributed by atoms with E-state index in [0.29, 0.717) is 5.69 Å². The first kappa shape index (κ1) is 13.3. The molecule has 1 aliphatic carbocycles. The van der Waals surface area contributed by atoms with Crippen molar-refractivity contribution < 1.29 is 4.79 Å². The van der Waals surface area contributed by atoms with Crippen molar-refractivity contribution in [2.24, 2.45) is 0 Å². The van der Waals surface area contributed by atoms with Gasteiger partial charge in [0.2, 0.25) is 0 Å². The van der Waals surface area contributed by atoms with E-state index in [1.54, 1.807) is 11.1 Å². The third-order valence-electron chi connectivity index (χ3n) is 3.85. The maximum Gasteiger partial charge on any atom is 0.273 e. The summed E-state index contributed by atoms with van der Waals surface area (Å²) in [5, 5.41) is 0. The van der Waals surface area contributed by atoms with Gasteiger partial charge in [-0.2, -0.15) is 0 Å². The van der Waals surface area contributed by atoms with Crippen molar-refractivity contribution in [3.05, 3.63) is 63.9 Å². The predicted molar refractivity (Wildman–Crippen MR) is 81.5 cm³/mol. The van der Waals surface area contributed by atoms with Crippen LogP contribution < -0.4 is 0 Å². The Balaban J connectivity index is 1.89. The molecule has 0 fully saturated rings. The van der Waals surface area contributed by atoms with E-state index in [2.05, 4.69) is 39.1 Å². The third kappa shape index (κ3) is 2.24. The lowest BCUT2D eigenvalue weighted by atomic mass is 10.1. The number of carbonyl (C=O) groups excluding carboxylic acids is 1. The molecule has 4 heteroatoms. The summed E-state index contributed by atoms with van der Waals surface area (Å²) >= 11 is 3.40. The Hall–Kier alpha value is -1.68. The molecule has 1 atom stereocenters. The number of fused-ring (bicyclic) bond motifs is 1. The van der Waals surface area contributed by atoms with Crippen molar-refractivity contribution >= 4 is 21.8 Å². The van der Waals surface area contributed by atoms with Crippen LogP contribution in [0.5, 0.6) is 0 Å². The van der Waals surface area contributed by atoms with Gasteiger partial charge in [0.25, 0.3) is 5.91 Å². The standard InChI is InChI=1S/C16H15BrN2O/c1-19(16(20)15-13(17)7-4-10-18-15)14-9-8-11-5-2-3-6-12(11)14/h2-7,10,14H,8-9H2,1H3. The minimum atomic E-state index is -0.0424. The normalized spacial score (nSPS) is 16.8. The fourth-order valence-corrected chi connectivity index (χ4v) is 3.21. The molecule has 0 spiro atoms. The van der Waals surface area contributed by atoms with Gasteiger partial charge < -0.3 is 4.90 Å². The molecule has 2 aromatic rings. The van der Waals surface area contributed by atoms with Gasteiger partial charge in [-0.1, -0.05) is 24.3 Å². The van der Waals surface area contributed by atoms with Crippen LogP contribution in [0, 0.1) is 0 Å². The van der Waals surface area contributed by atoms with E-state index in [1.807, 2.05) is 25.2 Å². The predicted octanol–water partition coefficient (Wildman–Crippen LogP) is 3.60. The zero-order valence-electron chi connectivity index (χ0n) is 11.2. The Bertz CT molecular complexity index is 656. The number of hydrogen-bond donors (Lipinski definition) is 0. The van der Waals surface area contributed by atoms with Crippen LogP contribution in [-0.2, 0) is 6.42 Å². The molecule has 1 aliphatic rings. The summed E-state index contributed by atoms with van der Waals surface area (Å²) in [7, 11) is 1.86. The first-order chi connectivity index (χ1) is 9.68. The smallest absolute Gasteiger partial charge is 0.273 e. The van der Waals surface area contributed by atoms with Crippen LogP contribution in [-0.4, -0.2) is 22.8 Å². The number of benzene rings is 1. The lowest BCUT2D eigenvalue weighted by Gasteiger charge is -2.25. The molecule has 1 aromatic heterocycles. The summed E-state index contributed by atoms with van der Waals surface area (Å²) in [6.07, 6.45) is 3.66. The number of hydrogen-bond acceptors (Lipinski definition) is 2. The number of amides is 1. The van der Waals surface area contributed by atoms with E-state index in [1.165, 1.54) is 11.1 Å². The molecule has 0 N–H and O–H groups in total. The summed E-state index contributed by atoms with van der Waals surface area (Å²) in [6, 6.07) is 12.1. The van der Waals surface area contributed by atoms with E-state index in [0.717, 1.165) is 17.3 Å². The molecule has 1 aromatic carbocycles. The molecule has 1 amide bonds. The molecule has 0 bridgehead atoms. The first-order valence-corrected chi connectivity index (χ1v) is 7.43. The summed E-state index contributed by atoms with van der Waals surface area (Å²) in [4.78, 5) is 18.6. The lowest BCUT2D eigenvalue weighted by Crippen LogP contribution is -2.31. The highest BCUT2D eigenvalue weighted by Gasteiger charge is 2.29. The first-order valence-electron chi connectivity index (χ1n) is 6.64. The molecule has 0 radical (unpaired) electrons. The number of rotatable bonds is 2. The second-order valence-electron chi connectivity index (χ2n) is 5.00. The van der Waals surface area contributed by atoms with Gasteiger partial charge in [0.05, 0.1) is 6.04 Å². The highest BCUT2D eigenvalue weighted by atomic mass is 79.9. The number of aryl methyl sites for hydroxylation is 1. The van der Waals surface area contributed by atoms with Crippen LogP contribution in [0.4, 0.5) is 0 Å². The molecule has 3 nitrogen and oxygen atoms in total. The minimum absolute atomic E-state index is 0.0424.